The number of nitrogens with zero attached hydrogens (tertiary/aromatic N) is 2. The first-order chi connectivity index (χ1) is 5.74. The third-order valence-corrected chi connectivity index (χ3v) is 1.30. The first-order valence-electron chi connectivity index (χ1n) is 3.37. The van der Waals surface area contributed by atoms with E-state index in [4.69, 9.17) is 11.0 Å². The molecule has 0 unspecified atom stereocenters. The number of aromatic nitrogens is 1. The van der Waals surface area contributed by atoms with Crippen molar-refractivity contribution in [2.45, 2.75) is 6.92 Å². The molecular formula is C9H7N3. The van der Waals surface area contributed by atoms with Gasteiger partial charge in [-0.2, -0.15) is 5.26 Å². The van der Waals surface area contributed by atoms with Gasteiger partial charge in [-0.3, -0.25) is 0 Å². The molecule has 0 spiro atoms. The molecule has 0 aliphatic carbocycles. The van der Waals surface area contributed by atoms with Gasteiger partial charge in [-0.15, -0.1) is 0 Å². The Balaban J connectivity index is 3.16. The molecule has 1 heterocycles. The van der Waals surface area contributed by atoms with E-state index in [1.165, 1.54) is 0 Å². The van der Waals surface area contributed by atoms with Gasteiger partial charge in [-0.1, -0.05) is 0 Å². The molecule has 1 aromatic heterocycles. The van der Waals surface area contributed by atoms with Gasteiger partial charge in [0.05, 0.1) is 5.69 Å². The monoisotopic (exact) mass is 157 g/mol. The zero-order valence-corrected chi connectivity index (χ0v) is 6.63. The molecule has 0 radical (unpaired) electrons. The Bertz CT molecular complexity index is 390. The topological polar surface area (TPSA) is 62.7 Å². The van der Waals surface area contributed by atoms with Gasteiger partial charge in [0.15, 0.2) is 6.07 Å². The summed E-state index contributed by atoms with van der Waals surface area (Å²) in [5.41, 5.74) is 7.37. The quantitative estimate of drug-likeness (QED) is 0.568. The molecule has 0 saturated heterocycles. The zero-order valence-electron chi connectivity index (χ0n) is 6.63. The van der Waals surface area contributed by atoms with Crippen LogP contribution in [0.4, 0.5) is 5.69 Å². The molecular weight excluding hydrogens is 150 g/mol. The molecule has 0 amide bonds. The number of hydrogen-bond donors (Lipinski definition) is 1. The molecule has 0 fully saturated rings. The van der Waals surface area contributed by atoms with Crippen LogP contribution in [0.3, 0.4) is 0 Å². The number of rotatable bonds is 0. The summed E-state index contributed by atoms with van der Waals surface area (Å²) in [5.74, 6) is 4.80. The summed E-state index contributed by atoms with van der Waals surface area (Å²) < 4.78 is 0. The minimum absolute atomic E-state index is 0.469. The van der Waals surface area contributed by atoms with Gasteiger partial charge in [0.1, 0.15) is 5.69 Å². The van der Waals surface area contributed by atoms with Crippen LogP contribution < -0.4 is 5.73 Å². The normalized spacial score (nSPS) is 8.00. The number of aryl methyl sites for hydroxylation is 1. The summed E-state index contributed by atoms with van der Waals surface area (Å²) >= 11 is 0. The second-order valence-electron chi connectivity index (χ2n) is 2.25. The van der Waals surface area contributed by atoms with Gasteiger partial charge < -0.3 is 5.73 Å². The van der Waals surface area contributed by atoms with Crippen molar-refractivity contribution >= 4 is 5.69 Å². The van der Waals surface area contributed by atoms with Crippen LogP contribution >= 0.6 is 0 Å². The number of nitriles is 1. The lowest BCUT2D eigenvalue weighted by Gasteiger charge is -1.96. The van der Waals surface area contributed by atoms with Crippen molar-refractivity contribution < 1.29 is 0 Å². The third kappa shape index (κ3) is 1.74. The van der Waals surface area contributed by atoms with E-state index in [9.17, 15) is 0 Å². The average Bonchev–Trinajstić information content (AvgIpc) is 2.07. The van der Waals surface area contributed by atoms with Crippen molar-refractivity contribution in [2.75, 3.05) is 5.73 Å². The Morgan fingerprint density at radius 2 is 2.25 bits per heavy atom. The summed E-state index contributed by atoms with van der Waals surface area (Å²) in [7, 11) is 0. The SMILES string of the molecule is Cc1ccc(N)c(C#CC#N)n1. The van der Waals surface area contributed by atoms with E-state index in [0.29, 0.717) is 11.4 Å². The highest BCUT2D eigenvalue weighted by atomic mass is 14.7. The maximum absolute atomic E-state index is 8.20. The molecule has 0 aromatic carbocycles. The molecule has 0 saturated carbocycles. The third-order valence-electron chi connectivity index (χ3n) is 1.30. The largest absolute Gasteiger partial charge is 0.396 e. The minimum atomic E-state index is 0.469. The van der Waals surface area contributed by atoms with E-state index >= 15 is 0 Å². The molecule has 0 atom stereocenters. The van der Waals surface area contributed by atoms with Crippen LogP contribution in [-0.2, 0) is 0 Å². The summed E-state index contributed by atoms with van der Waals surface area (Å²) in [6.07, 6.45) is 0. The molecule has 0 bridgehead atoms. The lowest BCUT2D eigenvalue weighted by Crippen LogP contribution is -1.94. The number of nitrogens with two attached hydrogens (primary N) is 1. The second kappa shape index (κ2) is 3.41. The molecule has 3 nitrogen and oxygen atoms in total. The number of hydrogen-bond acceptors (Lipinski definition) is 3. The van der Waals surface area contributed by atoms with E-state index in [0.717, 1.165) is 5.69 Å². The second-order valence-corrected chi connectivity index (χ2v) is 2.25. The van der Waals surface area contributed by atoms with E-state index < -0.39 is 0 Å². The molecule has 0 aliphatic rings. The highest BCUT2D eigenvalue weighted by molar-refractivity contribution is 5.52. The highest BCUT2D eigenvalue weighted by Crippen LogP contribution is 2.07. The molecule has 0 aliphatic heterocycles. The van der Waals surface area contributed by atoms with Crippen LogP contribution in [0.25, 0.3) is 0 Å². The smallest absolute Gasteiger partial charge is 0.152 e. The fraction of sp³-hybridized carbons (Fsp3) is 0.111. The first-order valence-corrected chi connectivity index (χ1v) is 3.37. The molecule has 1 rings (SSSR count). The van der Waals surface area contributed by atoms with Gasteiger partial charge in [0.2, 0.25) is 0 Å². The summed E-state index contributed by atoms with van der Waals surface area (Å²) in [5, 5.41) is 8.20. The van der Waals surface area contributed by atoms with Crippen molar-refractivity contribution in [3.05, 3.63) is 23.5 Å². The number of pyridine rings is 1. The molecule has 12 heavy (non-hydrogen) atoms. The minimum Gasteiger partial charge on any atom is -0.396 e. The van der Waals surface area contributed by atoms with Crippen molar-refractivity contribution in [3.63, 3.8) is 0 Å². The maximum Gasteiger partial charge on any atom is 0.152 e. The van der Waals surface area contributed by atoms with Crippen LogP contribution in [0.15, 0.2) is 12.1 Å². The van der Waals surface area contributed by atoms with E-state index in [-0.39, 0.29) is 0 Å². The van der Waals surface area contributed by atoms with E-state index in [1.807, 2.05) is 6.92 Å². The Labute approximate surface area is 70.8 Å². The predicted molar refractivity (Wildman–Crippen MR) is 45.9 cm³/mol. The Kier molecular flexibility index (Phi) is 2.30. The zero-order chi connectivity index (χ0) is 8.97. The maximum atomic E-state index is 8.20. The highest BCUT2D eigenvalue weighted by Gasteiger charge is 1.95. The molecule has 3 heteroatoms. The fourth-order valence-corrected chi connectivity index (χ4v) is 0.755. The van der Waals surface area contributed by atoms with Crippen LogP contribution in [0.1, 0.15) is 11.4 Å². The lowest BCUT2D eigenvalue weighted by molar-refractivity contribution is 1.18. The molecule has 2 N–H and O–H groups in total. The van der Waals surface area contributed by atoms with E-state index in [1.54, 1.807) is 18.2 Å². The van der Waals surface area contributed by atoms with Crippen molar-refractivity contribution in [1.82, 2.24) is 4.98 Å². The van der Waals surface area contributed by atoms with Crippen LogP contribution in [0, 0.1) is 30.1 Å². The average molecular weight is 157 g/mol. The van der Waals surface area contributed by atoms with Crippen LogP contribution in [0.2, 0.25) is 0 Å². The van der Waals surface area contributed by atoms with Gasteiger partial charge in [0.25, 0.3) is 0 Å². The summed E-state index contributed by atoms with van der Waals surface area (Å²) in [6.45, 7) is 1.84. The summed E-state index contributed by atoms with van der Waals surface area (Å²) in [6, 6.07) is 5.23. The van der Waals surface area contributed by atoms with Crippen LogP contribution in [0.5, 0.6) is 0 Å². The first kappa shape index (κ1) is 8.10. The Morgan fingerprint density at radius 3 is 2.92 bits per heavy atom. The summed E-state index contributed by atoms with van der Waals surface area (Å²) in [4.78, 5) is 4.06. The molecule has 1 aromatic rings. The fourth-order valence-electron chi connectivity index (χ4n) is 0.755. The number of anilines is 1. The van der Waals surface area contributed by atoms with Crippen molar-refractivity contribution in [2.24, 2.45) is 0 Å². The van der Waals surface area contributed by atoms with Gasteiger partial charge in [0, 0.05) is 11.6 Å². The molecule has 58 valence electrons. The lowest BCUT2D eigenvalue weighted by atomic mass is 10.2. The van der Waals surface area contributed by atoms with Crippen molar-refractivity contribution in [3.8, 4) is 17.9 Å². The van der Waals surface area contributed by atoms with Crippen LogP contribution in [-0.4, -0.2) is 4.98 Å². The number of nitrogen functional groups attached to an aromatic ring is 1. The van der Waals surface area contributed by atoms with Gasteiger partial charge in [-0.25, -0.2) is 4.98 Å². The van der Waals surface area contributed by atoms with Gasteiger partial charge in [-0.05, 0) is 25.0 Å². The Morgan fingerprint density at radius 1 is 1.50 bits per heavy atom. The Hall–Kier alpha value is -2.00. The standard InChI is InChI=1S/C9H7N3/c1-7-4-5-8(11)9(12-7)3-2-6-10/h4-5H,11H2,1H3. The predicted octanol–water partition coefficient (Wildman–Crippen LogP) is 0.847. The van der Waals surface area contributed by atoms with Crippen molar-refractivity contribution in [1.29, 1.82) is 5.26 Å². The van der Waals surface area contributed by atoms with Gasteiger partial charge >= 0.3 is 0 Å². The van der Waals surface area contributed by atoms with E-state index in [2.05, 4.69) is 16.8 Å².